The number of carbonyl (C=O) groups is 1. The van der Waals surface area contributed by atoms with Gasteiger partial charge in [-0.05, 0) is 43.4 Å². The van der Waals surface area contributed by atoms with Crippen LogP contribution in [0.25, 0.3) is 0 Å². The van der Waals surface area contributed by atoms with Gasteiger partial charge in [0, 0.05) is 17.7 Å². The lowest BCUT2D eigenvalue weighted by molar-refractivity contribution is -0.119. The second-order valence-corrected chi connectivity index (χ2v) is 6.44. The Labute approximate surface area is 144 Å². The third-order valence-corrected chi connectivity index (χ3v) is 4.55. The third-order valence-electron chi connectivity index (χ3n) is 4.55. The van der Waals surface area contributed by atoms with Crippen LogP contribution in [0.15, 0.2) is 54.6 Å². The molecule has 1 aliphatic rings. The number of hydrogen-bond acceptors (Lipinski definition) is 2. The van der Waals surface area contributed by atoms with E-state index in [9.17, 15) is 4.79 Å². The maximum Gasteiger partial charge on any atom is 0.227 e. The van der Waals surface area contributed by atoms with Gasteiger partial charge >= 0.3 is 0 Å². The van der Waals surface area contributed by atoms with Crippen molar-refractivity contribution in [3.05, 3.63) is 60.2 Å². The first-order valence-electron chi connectivity index (χ1n) is 8.89. The van der Waals surface area contributed by atoms with E-state index < -0.39 is 0 Å². The highest BCUT2D eigenvalue weighted by atomic mass is 16.5. The standard InChI is InChI=1S/C21H25NO2/c23-21(18-11-4-5-12-18)22-19-13-6-14-20(16-19)24-15-7-10-17-8-2-1-3-9-17/h1-3,6,8-9,13-14,16,18H,4-5,7,10-12,15H2,(H,22,23). The second kappa shape index (κ2) is 8.53. The van der Waals surface area contributed by atoms with E-state index in [4.69, 9.17) is 4.74 Å². The lowest BCUT2D eigenvalue weighted by Crippen LogP contribution is -2.20. The second-order valence-electron chi connectivity index (χ2n) is 6.44. The molecule has 0 radical (unpaired) electrons. The smallest absolute Gasteiger partial charge is 0.227 e. The van der Waals surface area contributed by atoms with Crippen molar-refractivity contribution in [3.8, 4) is 5.75 Å². The molecule has 0 bridgehead atoms. The van der Waals surface area contributed by atoms with Crippen LogP contribution in [0.3, 0.4) is 0 Å². The van der Waals surface area contributed by atoms with Gasteiger partial charge in [-0.3, -0.25) is 4.79 Å². The Morgan fingerprint density at radius 3 is 2.62 bits per heavy atom. The van der Waals surface area contributed by atoms with Crippen molar-refractivity contribution in [2.45, 2.75) is 38.5 Å². The van der Waals surface area contributed by atoms with E-state index in [1.807, 2.05) is 30.3 Å². The highest BCUT2D eigenvalue weighted by Gasteiger charge is 2.22. The molecule has 0 aliphatic heterocycles. The Morgan fingerprint density at radius 2 is 1.83 bits per heavy atom. The minimum absolute atomic E-state index is 0.147. The largest absolute Gasteiger partial charge is 0.494 e. The Kier molecular flexibility index (Phi) is 5.89. The van der Waals surface area contributed by atoms with Gasteiger partial charge in [-0.15, -0.1) is 0 Å². The van der Waals surface area contributed by atoms with Gasteiger partial charge < -0.3 is 10.1 Å². The Morgan fingerprint density at radius 1 is 1.04 bits per heavy atom. The molecule has 2 aromatic rings. The SMILES string of the molecule is O=C(Nc1cccc(OCCCc2ccccc2)c1)C1CCCC1. The fourth-order valence-electron chi connectivity index (χ4n) is 3.21. The summed E-state index contributed by atoms with van der Waals surface area (Å²) in [7, 11) is 0. The topological polar surface area (TPSA) is 38.3 Å². The summed E-state index contributed by atoms with van der Waals surface area (Å²) >= 11 is 0. The van der Waals surface area contributed by atoms with Gasteiger partial charge in [-0.2, -0.15) is 0 Å². The van der Waals surface area contributed by atoms with Gasteiger partial charge in [0.05, 0.1) is 6.61 Å². The molecule has 1 N–H and O–H groups in total. The van der Waals surface area contributed by atoms with Crippen LogP contribution < -0.4 is 10.1 Å². The van der Waals surface area contributed by atoms with Crippen LogP contribution in [0.2, 0.25) is 0 Å². The highest BCUT2D eigenvalue weighted by Crippen LogP contribution is 2.26. The summed E-state index contributed by atoms with van der Waals surface area (Å²) in [6, 6.07) is 18.1. The zero-order valence-corrected chi connectivity index (χ0v) is 14.0. The first-order chi connectivity index (χ1) is 11.8. The molecular formula is C21H25NO2. The Balaban J connectivity index is 1.45. The fourth-order valence-corrected chi connectivity index (χ4v) is 3.21. The van der Waals surface area contributed by atoms with Crippen LogP contribution in [0, 0.1) is 5.92 Å². The molecule has 0 unspecified atom stereocenters. The van der Waals surface area contributed by atoms with E-state index in [-0.39, 0.29) is 11.8 Å². The lowest BCUT2D eigenvalue weighted by Gasteiger charge is -2.12. The number of hydrogen-bond donors (Lipinski definition) is 1. The van der Waals surface area contributed by atoms with Crippen LogP contribution in [0.4, 0.5) is 5.69 Å². The molecule has 3 nitrogen and oxygen atoms in total. The number of rotatable bonds is 7. The van der Waals surface area contributed by atoms with E-state index in [0.29, 0.717) is 6.61 Å². The minimum atomic E-state index is 0.147. The molecule has 24 heavy (non-hydrogen) atoms. The normalized spacial score (nSPS) is 14.5. The molecule has 1 saturated carbocycles. The molecule has 3 heteroatoms. The summed E-state index contributed by atoms with van der Waals surface area (Å²) in [5, 5.41) is 3.02. The number of aryl methyl sites for hydroxylation is 1. The average Bonchev–Trinajstić information content (AvgIpc) is 3.15. The van der Waals surface area contributed by atoms with Gasteiger partial charge in [0.2, 0.25) is 5.91 Å². The quantitative estimate of drug-likeness (QED) is 0.741. The summed E-state index contributed by atoms with van der Waals surface area (Å²) in [4.78, 5) is 12.2. The Bertz CT molecular complexity index is 648. The van der Waals surface area contributed by atoms with E-state index in [0.717, 1.165) is 37.1 Å². The van der Waals surface area contributed by atoms with Crippen LogP contribution in [0.1, 0.15) is 37.7 Å². The van der Waals surface area contributed by atoms with Crippen LogP contribution in [-0.2, 0) is 11.2 Å². The molecule has 1 aliphatic carbocycles. The van der Waals surface area contributed by atoms with Crippen molar-refractivity contribution in [3.63, 3.8) is 0 Å². The molecule has 3 rings (SSSR count). The number of ether oxygens (including phenoxy) is 1. The Hall–Kier alpha value is -2.29. The molecule has 1 fully saturated rings. The maximum atomic E-state index is 12.2. The molecule has 0 atom stereocenters. The molecule has 0 aromatic heterocycles. The number of amides is 1. The number of carbonyl (C=O) groups excluding carboxylic acids is 1. The first-order valence-corrected chi connectivity index (χ1v) is 8.89. The van der Waals surface area contributed by atoms with Crippen molar-refractivity contribution in [2.24, 2.45) is 5.92 Å². The molecule has 126 valence electrons. The van der Waals surface area contributed by atoms with E-state index in [2.05, 4.69) is 29.6 Å². The van der Waals surface area contributed by atoms with Gasteiger partial charge in [-0.25, -0.2) is 0 Å². The molecule has 0 heterocycles. The van der Waals surface area contributed by atoms with Gasteiger partial charge in [0.25, 0.3) is 0 Å². The van der Waals surface area contributed by atoms with Gasteiger partial charge in [0.15, 0.2) is 0 Å². The maximum absolute atomic E-state index is 12.2. The van der Waals surface area contributed by atoms with Crippen molar-refractivity contribution in [1.82, 2.24) is 0 Å². The zero-order valence-electron chi connectivity index (χ0n) is 14.0. The van der Waals surface area contributed by atoms with Gasteiger partial charge in [0.1, 0.15) is 5.75 Å². The monoisotopic (exact) mass is 323 g/mol. The van der Waals surface area contributed by atoms with Crippen molar-refractivity contribution in [1.29, 1.82) is 0 Å². The summed E-state index contributed by atoms with van der Waals surface area (Å²) in [5.41, 5.74) is 2.16. The van der Waals surface area contributed by atoms with Crippen LogP contribution in [-0.4, -0.2) is 12.5 Å². The predicted molar refractivity (Wildman–Crippen MR) is 97.3 cm³/mol. The summed E-state index contributed by atoms with van der Waals surface area (Å²) in [6.45, 7) is 0.676. The summed E-state index contributed by atoms with van der Waals surface area (Å²) < 4.78 is 5.82. The molecule has 1 amide bonds. The van der Waals surface area contributed by atoms with E-state index >= 15 is 0 Å². The first kappa shape index (κ1) is 16.6. The van der Waals surface area contributed by atoms with Crippen molar-refractivity contribution in [2.75, 3.05) is 11.9 Å². The number of benzene rings is 2. The highest BCUT2D eigenvalue weighted by molar-refractivity contribution is 5.92. The van der Waals surface area contributed by atoms with Crippen LogP contribution >= 0.6 is 0 Å². The zero-order chi connectivity index (χ0) is 16.6. The molecule has 0 saturated heterocycles. The van der Waals surface area contributed by atoms with E-state index in [1.54, 1.807) is 0 Å². The van der Waals surface area contributed by atoms with Crippen molar-refractivity contribution < 1.29 is 9.53 Å². The van der Waals surface area contributed by atoms with E-state index in [1.165, 1.54) is 18.4 Å². The molecule has 2 aromatic carbocycles. The fraction of sp³-hybridized carbons (Fsp3) is 0.381. The minimum Gasteiger partial charge on any atom is -0.494 e. The lowest BCUT2D eigenvalue weighted by atomic mass is 10.1. The predicted octanol–water partition coefficient (Wildman–Crippen LogP) is 4.83. The number of anilines is 1. The average molecular weight is 323 g/mol. The summed E-state index contributed by atoms with van der Waals surface area (Å²) in [5.74, 6) is 1.14. The molecule has 0 spiro atoms. The molecular weight excluding hydrogens is 298 g/mol. The third kappa shape index (κ3) is 4.85. The van der Waals surface area contributed by atoms with Gasteiger partial charge in [-0.1, -0.05) is 49.2 Å². The summed E-state index contributed by atoms with van der Waals surface area (Å²) in [6.07, 6.45) is 6.36. The number of nitrogens with one attached hydrogen (secondary N) is 1. The van der Waals surface area contributed by atoms with Crippen LogP contribution in [0.5, 0.6) is 5.75 Å². The van der Waals surface area contributed by atoms with Crippen molar-refractivity contribution >= 4 is 11.6 Å².